The van der Waals surface area contributed by atoms with Gasteiger partial charge in [0.05, 0.1) is 39.8 Å². The van der Waals surface area contributed by atoms with Crippen molar-refractivity contribution in [3.8, 4) is 28.7 Å². The summed E-state index contributed by atoms with van der Waals surface area (Å²) in [7, 11) is 6.15. The highest BCUT2D eigenvalue weighted by Gasteiger charge is 2.51. The van der Waals surface area contributed by atoms with Crippen LogP contribution in [0.25, 0.3) is 0 Å². The summed E-state index contributed by atoms with van der Waals surface area (Å²) < 4.78 is 27.7. The number of carbonyl (C=O) groups excluding carboxylic acids is 1. The number of nitrogen functional groups attached to an aromatic ring is 1. The van der Waals surface area contributed by atoms with E-state index in [1.807, 2.05) is 36.4 Å². The molecular formula is C25H26N2O6. The normalized spacial score (nSPS) is 17.2. The Balaban J connectivity index is 1.78. The molecule has 8 nitrogen and oxygen atoms in total. The van der Waals surface area contributed by atoms with Crippen LogP contribution in [0.5, 0.6) is 28.7 Å². The van der Waals surface area contributed by atoms with Crippen molar-refractivity contribution in [3.05, 3.63) is 66.2 Å². The lowest BCUT2D eigenvalue weighted by Gasteiger charge is -2.46. The molecule has 0 bridgehead atoms. The van der Waals surface area contributed by atoms with Crippen LogP contribution < -0.4 is 34.3 Å². The van der Waals surface area contributed by atoms with Gasteiger partial charge in [0.2, 0.25) is 11.9 Å². The van der Waals surface area contributed by atoms with Crippen LogP contribution in [0.2, 0.25) is 0 Å². The summed E-state index contributed by atoms with van der Waals surface area (Å²) in [6.07, 6.45) is -0.737. The van der Waals surface area contributed by atoms with Crippen LogP contribution in [-0.4, -0.2) is 40.5 Å². The van der Waals surface area contributed by atoms with E-state index >= 15 is 0 Å². The van der Waals surface area contributed by atoms with Gasteiger partial charge in [-0.3, -0.25) is 9.69 Å². The van der Waals surface area contributed by atoms with E-state index in [1.54, 1.807) is 36.3 Å². The summed E-state index contributed by atoms with van der Waals surface area (Å²) in [5.41, 5.74) is 8.03. The lowest BCUT2D eigenvalue weighted by atomic mass is 9.89. The third-order valence-corrected chi connectivity index (χ3v) is 5.57. The number of ether oxygens (including phenoxy) is 5. The average molecular weight is 450 g/mol. The van der Waals surface area contributed by atoms with Crippen molar-refractivity contribution < 1.29 is 28.5 Å². The smallest absolute Gasteiger partial charge is 0.271 e. The third kappa shape index (κ3) is 3.95. The maximum Gasteiger partial charge on any atom is 0.271 e. The van der Waals surface area contributed by atoms with Crippen molar-refractivity contribution in [1.82, 2.24) is 0 Å². The summed E-state index contributed by atoms with van der Waals surface area (Å²) in [4.78, 5) is 15.0. The van der Waals surface area contributed by atoms with Crippen LogP contribution in [0.4, 0.5) is 11.4 Å². The standard InChI is InChI=1S/C25H26N2O6/c1-29-19-11-10-15(12-18(19)26)22-24(33-17-8-6-5-7-9-17)25(28)27(22)16-13-20(30-2)23(32-4)21(14-16)31-3/h5-14,22,24H,26H2,1-4H3/t22-,24+/m1/s1. The van der Waals surface area contributed by atoms with Gasteiger partial charge >= 0.3 is 0 Å². The fourth-order valence-corrected chi connectivity index (χ4v) is 3.98. The van der Waals surface area contributed by atoms with Crippen molar-refractivity contribution in [2.45, 2.75) is 12.1 Å². The number of anilines is 2. The molecule has 1 heterocycles. The number of amides is 1. The SMILES string of the molecule is COc1ccc([C@@H]2[C@H](Oc3ccccc3)C(=O)N2c2cc(OC)c(OC)c(OC)c2)cc1N. The van der Waals surface area contributed by atoms with Gasteiger partial charge in [0.1, 0.15) is 17.5 Å². The van der Waals surface area contributed by atoms with Gasteiger partial charge in [-0.15, -0.1) is 0 Å². The third-order valence-electron chi connectivity index (χ3n) is 5.57. The predicted octanol–water partition coefficient (Wildman–Crippen LogP) is 3.84. The average Bonchev–Trinajstić information content (AvgIpc) is 2.85. The Bertz CT molecular complexity index is 1130. The Morgan fingerprint density at radius 3 is 1.97 bits per heavy atom. The Kier molecular flexibility index (Phi) is 6.17. The molecule has 2 N–H and O–H groups in total. The van der Waals surface area contributed by atoms with E-state index < -0.39 is 12.1 Å². The highest BCUT2D eigenvalue weighted by molar-refractivity contribution is 6.06. The number of methoxy groups -OCH3 is 4. The maximum atomic E-state index is 13.3. The van der Waals surface area contributed by atoms with Crippen LogP contribution in [0, 0.1) is 0 Å². The second-order valence-corrected chi connectivity index (χ2v) is 7.39. The number of benzene rings is 3. The number of nitrogens with two attached hydrogens (primary N) is 1. The van der Waals surface area contributed by atoms with Gasteiger partial charge in [-0.05, 0) is 29.8 Å². The molecule has 33 heavy (non-hydrogen) atoms. The molecule has 0 aromatic heterocycles. The fourth-order valence-electron chi connectivity index (χ4n) is 3.98. The first-order valence-electron chi connectivity index (χ1n) is 10.3. The zero-order valence-electron chi connectivity index (χ0n) is 18.9. The largest absolute Gasteiger partial charge is 0.495 e. The zero-order valence-corrected chi connectivity index (χ0v) is 18.9. The highest BCUT2D eigenvalue weighted by Crippen LogP contribution is 2.47. The van der Waals surface area contributed by atoms with E-state index in [2.05, 4.69) is 0 Å². The van der Waals surface area contributed by atoms with Gasteiger partial charge in [-0.25, -0.2) is 0 Å². The van der Waals surface area contributed by atoms with Crippen molar-refractivity contribution in [2.75, 3.05) is 39.1 Å². The van der Waals surface area contributed by atoms with Gasteiger partial charge in [-0.1, -0.05) is 24.3 Å². The lowest BCUT2D eigenvalue weighted by molar-refractivity contribution is -0.135. The molecule has 1 saturated heterocycles. The molecular weight excluding hydrogens is 424 g/mol. The molecule has 3 aromatic carbocycles. The number of para-hydroxylation sites is 1. The zero-order chi connectivity index (χ0) is 23.5. The summed E-state index contributed by atoms with van der Waals surface area (Å²) in [5.74, 6) is 2.29. The van der Waals surface area contributed by atoms with E-state index in [0.717, 1.165) is 5.56 Å². The summed E-state index contributed by atoms with van der Waals surface area (Å²) in [6, 6.07) is 17.7. The quantitative estimate of drug-likeness (QED) is 0.412. The number of β-lactam (4-membered cyclic amide) rings is 1. The van der Waals surface area contributed by atoms with E-state index in [1.165, 1.54) is 21.3 Å². The van der Waals surface area contributed by atoms with Gasteiger partial charge in [0, 0.05) is 12.1 Å². The molecule has 3 aromatic rings. The van der Waals surface area contributed by atoms with Crippen molar-refractivity contribution in [1.29, 1.82) is 0 Å². The molecule has 0 saturated carbocycles. The van der Waals surface area contributed by atoms with Gasteiger partial charge < -0.3 is 29.4 Å². The summed E-state index contributed by atoms with van der Waals surface area (Å²) in [6.45, 7) is 0. The molecule has 172 valence electrons. The molecule has 1 aliphatic rings. The van der Waals surface area contributed by atoms with Crippen molar-refractivity contribution in [3.63, 3.8) is 0 Å². The number of hydrogen-bond acceptors (Lipinski definition) is 7. The minimum atomic E-state index is -0.737. The highest BCUT2D eigenvalue weighted by atomic mass is 16.5. The molecule has 1 fully saturated rings. The molecule has 2 atom stereocenters. The fraction of sp³-hybridized carbons (Fsp3) is 0.240. The topological polar surface area (TPSA) is 92.5 Å². The van der Waals surface area contributed by atoms with E-state index in [-0.39, 0.29) is 5.91 Å². The second kappa shape index (κ2) is 9.20. The number of carbonyl (C=O) groups is 1. The van der Waals surface area contributed by atoms with Crippen LogP contribution >= 0.6 is 0 Å². The van der Waals surface area contributed by atoms with Crippen LogP contribution in [-0.2, 0) is 4.79 Å². The Morgan fingerprint density at radius 2 is 1.42 bits per heavy atom. The molecule has 0 radical (unpaired) electrons. The maximum absolute atomic E-state index is 13.3. The Hall–Kier alpha value is -4.07. The lowest BCUT2D eigenvalue weighted by Crippen LogP contribution is -2.61. The summed E-state index contributed by atoms with van der Waals surface area (Å²) in [5, 5.41) is 0. The Morgan fingerprint density at radius 1 is 0.788 bits per heavy atom. The number of hydrogen-bond donors (Lipinski definition) is 1. The Labute approximate surface area is 192 Å². The molecule has 0 spiro atoms. The minimum absolute atomic E-state index is 0.201. The first-order chi connectivity index (χ1) is 16.0. The first-order valence-corrected chi connectivity index (χ1v) is 10.3. The van der Waals surface area contributed by atoms with Gasteiger partial charge in [0.15, 0.2) is 11.5 Å². The number of rotatable bonds is 8. The molecule has 8 heteroatoms. The monoisotopic (exact) mass is 450 g/mol. The number of nitrogens with zero attached hydrogens (tertiary/aromatic N) is 1. The van der Waals surface area contributed by atoms with Crippen molar-refractivity contribution in [2.24, 2.45) is 0 Å². The van der Waals surface area contributed by atoms with Gasteiger partial charge in [0.25, 0.3) is 5.91 Å². The van der Waals surface area contributed by atoms with E-state index in [9.17, 15) is 4.79 Å². The first kappa shape index (κ1) is 22.1. The summed E-state index contributed by atoms with van der Waals surface area (Å²) >= 11 is 0. The molecule has 4 rings (SSSR count). The van der Waals surface area contributed by atoms with Crippen molar-refractivity contribution >= 4 is 17.3 Å². The molecule has 0 aliphatic carbocycles. The predicted molar refractivity (Wildman–Crippen MR) is 125 cm³/mol. The second-order valence-electron chi connectivity index (χ2n) is 7.39. The molecule has 1 aliphatic heterocycles. The van der Waals surface area contributed by atoms with Crippen LogP contribution in [0.15, 0.2) is 60.7 Å². The van der Waals surface area contributed by atoms with E-state index in [0.29, 0.717) is 40.1 Å². The van der Waals surface area contributed by atoms with Crippen LogP contribution in [0.1, 0.15) is 11.6 Å². The van der Waals surface area contributed by atoms with Crippen LogP contribution in [0.3, 0.4) is 0 Å². The van der Waals surface area contributed by atoms with Gasteiger partial charge in [-0.2, -0.15) is 0 Å². The minimum Gasteiger partial charge on any atom is -0.495 e. The van der Waals surface area contributed by atoms with E-state index in [4.69, 9.17) is 29.4 Å². The molecule has 0 unspecified atom stereocenters. The molecule has 1 amide bonds.